The molecule has 7 nitrogen and oxygen atoms in total. The van der Waals surface area contributed by atoms with Crippen molar-refractivity contribution < 1.29 is 17.9 Å². The van der Waals surface area contributed by atoms with Gasteiger partial charge >= 0.3 is 0 Å². The van der Waals surface area contributed by atoms with Crippen LogP contribution in [0.25, 0.3) is 0 Å². The van der Waals surface area contributed by atoms with Crippen molar-refractivity contribution in [1.29, 1.82) is 0 Å². The van der Waals surface area contributed by atoms with Crippen LogP contribution in [0.5, 0.6) is 5.75 Å². The van der Waals surface area contributed by atoms with Crippen LogP contribution >= 0.6 is 0 Å². The largest absolute Gasteiger partial charge is 0.497 e. The van der Waals surface area contributed by atoms with Gasteiger partial charge in [0.15, 0.2) is 15.7 Å². The number of H-pyrrole nitrogens is 1. The summed E-state index contributed by atoms with van der Waals surface area (Å²) in [4.78, 5) is 11.8. The molecule has 0 bridgehead atoms. The summed E-state index contributed by atoms with van der Waals surface area (Å²) in [5.74, 6) is -0.448. The van der Waals surface area contributed by atoms with Crippen LogP contribution in [0, 0.1) is 6.92 Å². The number of carbonyl (C=O) groups is 1. The predicted molar refractivity (Wildman–Crippen MR) is 77.0 cm³/mol. The molecule has 0 radical (unpaired) electrons. The van der Waals surface area contributed by atoms with Gasteiger partial charge in [-0.1, -0.05) is 0 Å². The molecule has 0 aliphatic heterocycles. The lowest BCUT2D eigenvalue weighted by Gasteiger charge is -2.05. The first-order valence-electron chi connectivity index (χ1n) is 6.09. The molecule has 1 amide bonds. The van der Waals surface area contributed by atoms with Crippen LogP contribution in [0.2, 0.25) is 0 Å². The van der Waals surface area contributed by atoms with E-state index in [1.165, 1.54) is 31.4 Å². The van der Waals surface area contributed by atoms with Gasteiger partial charge in [-0.05, 0) is 31.2 Å². The van der Waals surface area contributed by atoms with Crippen LogP contribution in [0.1, 0.15) is 5.69 Å². The van der Waals surface area contributed by atoms with Crippen molar-refractivity contribution in [1.82, 2.24) is 10.2 Å². The summed E-state index contributed by atoms with van der Waals surface area (Å²) < 4.78 is 29.2. The lowest BCUT2D eigenvalue weighted by atomic mass is 10.3. The number of methoxy groups -OCH3 is 1. The zero-order valence-corrected chi connectivity index (χ0v) is 12.4. The normalized spacial score (nSPS) is 11.1. The van der Waals surface area contributed by atoms with E-state index in [0.717, 1.165) is 5.69 Å². The van der Waals surface area contributed by atoms with Gasteiger partial charge in [-0.3, -0.25) is 9.89 Å². The number of aromatic amines is 1. The Balaban J connectivity index is 2.07. The number of hydrogen-bond acceptors (Lipinski definition) is 5. The predicted octanol–water partition coefficient (Wildman–Crippen LogP) is 1.14. The third-order valence-electron chi connectivity index (χ3n) is 2.71. The van der Waals surface area contributed by atoms with Gasteiger partial charge in [0.25, 0.3) is 0 Å². The summed E-state index contributed by atoms with van der Waals surface area (Å²) >= 11 is 0. The Kier molecular flexibility index (Phi) is 4.27. The minimum absolute atomic E-state index is 0.0664. The molecule has 0 aliphatic carbocycles. The fourth-order valence-electron chi connectivity index (χ4n) is 1.70. The van der Waals surface area contributed by atoms with Crippen LogP contribution in [0.4, 0.5) is 5.82 Å². The van der Waals surface area contributed by atoms with E-state index in [9.17, 15) is 13.2 Å². The smallest absolute Gasteiger partial charge is 0.241 e. The highest BCUT2D eigenvalue weighted by Gasteiger charge is 2.20. The topological polar surface area (TPSA) is 101 Å². The number of benzene rings is 1. The molecule has 0 aliphatic rings. The zero-order valence-electron chi connectivity index (χ0n) is 11.6. The average molecular weight is 309 g/mol. The third-order valence-corrected chi connectivity index (χ3v) is 4.35. The van der Waals surface area contributed by atoms with Crippen molar-refractivity contribution in [2.75, 3.05) is 18.2 Å². The van der Waals surface area contributed by atoms with Gasteiger partial charge in [0.2, 0.25) is 5.91 Å². The minimum Gasteiger partial charge on any atom is -0.497 e. The Morgan fingerprint density at radius 1 is 1.33 bits per heavy atom. The number of nitrogens with zero attached hydrogens (tertiary/aromatic N) is 1. The maximum absolute atomic E-state index is 12.1. The second kappa shape index (κ2) is 5.96. The van der Waals surface area contributed by atoms with Crippen molar-refractivity contribution in [3.63, 3.8) is 0 Å². The van der Waals surface area contributed by atoms with E-state index in [1.54, 1.807) is 13.0 Å². The Bertz CT molecular complexity index is 735. The Labute approximate surface area is 122 Å². The highest BCUT2D eigenvalue weighted by molar-refractivity contribution is 7.92. The molecule has 0 saturated heterocycles. The lowest BCUT2D eigenvalue weighted by Crippen LogP contribution is -2.23. The minimum atomic E-state index is -3.70. The molecule has 0 spiro atoms. The number of amides is 1. The monoisotopic (exact) mass is 309 g/mol. The first kappa shape index (κ1) is 15.0. The molecule has 1 aromatic heterocycles. The maximum atomic E-state index is 12.1. The number of nitrogens with one attached hydrogen (secondary N) is 2. The molecule has 2 aromatic rings. The molecular formula is C13H15N3O4S. The molecule has 2 N–H and O–H groups in total. The molecule has 21 heavy (non-hydrogen) atoms. The zero-order chi connectivity index (χ0) is 15.5. The van der Waals surface area contributed by atoms with Gasteiger partial charge < -0.3 is 10.1 Å². The Hall–Kier alpha value is -2.35. The van der Waals surface area contributed by atoms with Crippen molar-refractivity contribution in [2.45, 2.75) is 11.8 Å². The summed E-state index contributed by atoms with van der Waals surface area (Å²) in [7, 11) is -2.21. The van der Waals surface area contributed by atoms with Crippen LogP contribution < -0.4 is 10.1 Å². The second-order valence-corrected chi connectivity index (χ2v) is 6.41. The van der Waals surface area contributed by atoms with E-state index < -0.39 is 21.5 Å². The van der Waals surface area contributed by atoms with E-state index in [0.29, 0.717) is 11.6 Å². The molecule has 1 heterocycles. The number of ether oxygens (including phenoxy) is 1. The number of aromatic nitrogens is 2. The second-order valence-electron chi connectivity index (χ2n) is 4.42. The van der Waals surface area contributed by atoms with Crippen molar-refractivity contribution >= 4 is 21.6 Å². The van der Waals surface area contributed by atoms with Gasteiger partial charge in [-0.2, -0.15) is 5.10 Å². The van der Waals surface area contributed by atoms with Gasteiger partial charge in [0.05, 0.1) is 12.0 Å². The summed E-state index contributed by atoms with van der Waals surface area (Å²) in [6.45, 7) is 1.77. The highest BCUT2D eigenvalue weighted by atomic mass is 32.2. The van der Waals surface area contributed by atoms with E-state index in [2.05, 4.69) is 15.5 Å². The molecular weight excluding hydrogens is 294 g/mol. The number of sulfone groups is 1. The van der Waals surface area contributed by atoms with Crippen molar-refractivity contribution in [2.24, 2.45) is 0 Å². The van der Waals surface area contributed by atoms with Crippen LogP contribution in [-0.4, -0.2) is 37.4 Å². The first-order valence-corrected chi connectivity index (χ1v) is 7.74. The number of aryl methyl sites for hydroxylation is 1. The SMILES string of the molecule is COc1ccc(S(=O)(=O)CC(=O)Nc2cc(C)[nH]n2)cc1. The molecule has 0 unspecified atom stereocenters. The highest BCUT2D eigenvalue weighted by Crippen LogP contribution is 2.17. The van der Waals surface area contributed by atoms with Gasteiger partial charge in [0.1, 0.15) is 11.5 Å². The van der Waals surface area contributed by atoms with E-state index >= 15 is 0 Å². The molecule has 112 valence electrons. The number of rotatable bonds is 5. The lowest BCUT2D eigenvalue weighted by molar-refractivity contribution is -0.113. The maximum Gasteiger partial charge on any atom is 0.241 e. The van der Waals surface area contributed by atoms with E-state index in [-0.39, 0.29) is 4.90 Å². The van der Waals surface area contributed by atoms with Crippen LogP contribution in [0.15, 0.2) is 35.2 Å². The van der Waals surface area contributed by atoms with Crippen molar-refractivity contribution in [3.8, 4) is 5.75 Å². The Morgan fingerprint density at radius 2 is 2.00 bits per heavy atom. The summed E-state index contributed by atoms with van der Waals surface area (Å²) in [5, 5.41) is 8.89. The van der Waals surface area contributed by atoms with E-state index in [4.69, 9.17) is 4.74 Å². The van der Waals surface area contributed by atoms with Crippen molar-refractivity contribution in [3.05, 3.63) is 36.0 Å². The van der Waals surface area contributed by atoms with Crippen LogP contribution in [-0.2, 0) is 14.6 Å². The molecule has 0 saturated carbocycles. The molecule has 2 rings (SSSR count). The number of anilines is 1. The summed E-state index contributed by atoms with van der Waals surface area (Å²) in [5.41, 5.74) is 0.767. The Morgan fingerprint density at radius 3 is 2.52 bits per heavy atom. The third kappa shape index (κ3) is 3.82. The fraction of sp³-hybridized carbons (Fsp3) is 0.231. The summed E-state index contributed by atoms with van der Waals surface area (Å²) in [6, 6.07) is 7.47. The van der Waals surface area contributed by atoms with Gasteiger partial charge in [-0.15, -0.1) is 0 Å². The standard InChI is InChI=1S/C13H15N3O4S/c1-9-7-12(16-15-9)14-13(17)8-21(18,19)11-5-3-10(20-2)4-6-11/h3-7H,8H2,1-2H3,(H2,14,15,16,17). The summed E-state index contributed by atoms with van der Waals surface area (Å²) in [6.07, 6.45) is 0. The van der Waals surface area contributed by atoms with Crippen LogP contribution in [0.3, 0.4) is 0 Å². The van der Waals surface area contributed by atoms with Gasteiger partial charge in [0, 0.05) is 11.8 Å². The number of hydrogen-bond donors (Lipinski definition) is 2. The fourth-order valence-corrected chi connectivity index (χ4v) is 2.83. The molecule has 1 aromatic carbocycles. The molecule has 0 atom stereocenters. The average Bonchev–Trinajstić information content (AvgIpc) is 2.83. The quantitative estimate of drug-likeness (QED) is 0.862. The molecule has 8 heteroatoms. The first-order chi connectivity index (χ1) is 9.90. The molecule has 0 fully saturated rings. The van der Waals surface area contributed by atoms with Gasteiger partial charge in [-0.25, -0.2) is 8.42 Å². The van der Waals surface area contributed by atoms with E-state index in [1.807, 2.05) is 0 Å². The number of carbonyl (C=O) groups excluding carboxylic acids is 1.